The Balaban J connectivity index is 2.03. The minimum atomic E-state index is 0.673. The molecular formula is C10H19N. The first kappa shape index (κ1) is 8.79. The van der Waals surface area contributed by atoms with Crippen LogP contribution in [-0.4, -0.2) is 13.1 Å². The van der Waals surface area contributed by atoms with E-state index < -0.39 is 0 Å². The summed E-state index contributed by atoms with van der Waals surface area (Å²) < 4.78 is 0. The molecule has 1 N–H and O–H groups in total. The Morgan fingerprint density at radius 2 is 2.27 bits per heavy atom. The predicted octanol–water partition coefficient (Wildman–Crippen LogP) is 2.48. The highest BCUT2D eigenvalue weighted by atomic mass is 14.8. The number of hydrogen-bond acceptors (Lipinski definition) is 1. The van der Waals surface area contributed by atoms with Crippen LogP contribution in [0.2, 0.25) is 0 Å². The molecule has 0 amide bonds. The lowest BCUT2D eigenvalue weighted by Gasteiger charge is -2.16. The zero-order chi connectivity index (χ0) is 8.10. The summed E-state index contributed by atoms with van der Waals surface area (Å²) in [7, 11) is 2.03. The van der Waals surface area contributed by atoms with E-state index in [0.717, 1.165) is 0 Å². The van der Waals surface area contributed by atoms with Crippen molar-refractivity contribution in [1.29, 1.82) is 0 Å². The van der Waals surface area contributed by atoms with E-state index in [1.807, 2.05) is 7.05 Å². The molecule has 64 valence electrons. The van der Waals surface area contributed by atoms with Gasteiger partial charge in [0.1, 0.15) is 0 Å². The highest BCUT2D eigenvalue weighted by molar-refractivity contribution is 5.09. The molecule has 0 aromatic rings. The second-order valence-electron chi connectivity index (χ2n) is 3.48. The molecule has 0 spiro atoms. The fourth-order valence-electron chi connectivity index (χ4n) is 1.27. The second-order valence-corrected chi connectivity index (χ2v) is 3.48. The first-order valence-corrected chi connectivity index (χ1v) is 4.68. The Morgan fingerprint density at radius 3 is 2.73 bits per heavy atom. The summed E-state index contributed by atoms with van der Waals surface area (Å²) >= 11 is 0. The molecule has 1 saturated carbocycles. The summed E-state index contributed by atoms with van der Waals surface area (Å²) in [6, 6.07) is 0.673. The molecule has 0 aromatic heterocycles. The summed E-state index contributed by atoms with van der Waals surface area (Å²) in [6.07, 6.45) is 9.13. The van der Waals surface area contributed by atoms with E-state index in [2.05, 4.69) is 18.3 Å². The normalized spacial score (nSPS) is 19.3. The molecule has 0 saturated heterocycles. The second kappa shape index (κ2) is 4.55. The summed E-state index contributed by atoms with van der Waals surface area (Å²) in [5, 5.41) is 3.25. The third kappa shape index (κ3) is 3.06. The monoisotopic (exact) mass is 153 g/mol. The molecule has 1 atom stereocenters. The van der Waals surface area contributed by atoms with Crippen molar-refractivity contribution in [2.45, 2.75) is 45.1 Å². The van der Waals surface area contributed by atoms with Crippen molar-refractivity contribution in [3.63, 3.8) is 0 Å². The van der Waals surface area contributed by atoms with Gasteiger partial charge in [-0.05, 0) is 46.1 Å². The number of nitrogens with one attached hydrogen (secondary N) is 1. The largest absolute Gasteiger partial charge is 0.317 e. The molecule has 1 aliphatic carbocycles. The maximum Gasteiger partial charge on any atom is 0.00386 e. The Hall–Kier alpha value is -0.300. The first-order chi connectivity index (χ1) is 5.33. The highest BCUT2D eigenvalue weighted by Gasteiger charge is 2.06. The number of allylic oxidation sites excluding steroid dienone is 2. The lowest BCUT2D eigenvalue weighted by Crippen LogP contribution is -2.20. The van der Waals surface area contributed by atoms with Gasteiger partial charge in [0.05, 0.1) is 0 Å². The van der Waals surface area contributed by atoms with E-state index >= 15 is 0 Å². The van der Waals surface area contributed by atoms with Crippen molar-refractivity contribution in [1.82, 2.24) is 5.32 Å². The maximum absolute atomic E-state index is 3.25. The van der Waals surface area contributed by atoms with Gasteiger partial charge in [-0.25, -0.2) is 0 Å². The fraction of sp³-hybridized carbons (Fsp3) is 0.800. The minimum absolute atomic E-state index is 0.673. The fourth-order valence-corrected chi connectivity index (χ4v) is 1.27. The third-order valence-electron chi connectivity index (χ3n) is 2.52. The van der Waals surface area contributed by atoms with Crippen LogP contribution >= 0.6 is 0 Å². The number of rotatable bonds is 4. The van der Waals surface area contributed by atoms with Crippen molar-refractivity contribution in [3.8, 4) is 0 Å². The molecule has 0 heterocycles. The Labute approximate surface area is 69.9 Å². The van der Waals surface area contributed by atoms with E-state index in [1.165, 1.54) is 32.1 Å². The van der Waals surface area contributed by atoms with Crippen LogP contribution in [0, 0.1) is 0 Å². The quantitative estimate of drug-likeness (QED) is 0.612. The Kier molecular flexibility index (Phi) is 3.64. The molecule has 11 heavy (non-hydrogen) atoms. The smallest absolute Gasteiger partial charge is 0.00386 e. The summed E-state index contributed by atoms with van der Waals surface area (Å²) in [5.41, 5.74) is 1.69. The lowest BCUT2D eigenvalue weighted by atomic mass is 9.91. The molecule has 1 heteroatoms. The van der Waals surface area contributed by atoms with Crippen molar-refractivity contribution in [2.24, 2.45) is 0 Å². The molecule has 1 rings (SSSR count). The third-order valence-corrected chi connectivity index (χ3v) is 2.52. The predicted molar refractivity (Wildman–Crippen MR) is 49.7 cm³/mol. The van der Waals surface area contributed by atoms with Crippen molar-refractivity contribution in [2.75, 3.05) is 7.05 Å². The molecule has 1 fully saturated rings. The van der Waals surface area contributed by atoms with Gasteiger partial charge in [-0.15, -0.1) is 0 Å². The van der Waals surface area contributed by atoms with E-state index in [-0.39, 0.29) is 0 Å². The highest BCUT2D eigenvalue weighted by Crippen LogP contribution is 2.25. The van der Waals surface area contributed by atoms with E-state index in [4.69, 9.17) is 0 Å². The SMILES string of the molecule is CNC(C)CCC=C1CCC1. The Bertz CT molecular complexity index is 132. The van der Waals surface area contributed by atoms with Gasteiger partial charge in [-0.1, -0.05) is 11.6 Å². The van der Waals surface area contributed by atoms with Crippen LogP contribution in [0.5, 0.6) is 0 Å². The van der Waals surface area contributed by atoms with E-state index in [1.54, 1.807) is 5.57 Å². The van der Waals surface area contributed by atoms with Crippen LogP contribution < -0.4 is 5.32 Å². The molecule has 0 bridgehead atoms. The van der Waals surface area contributed by atoms with Gasteiger partial charge in [0.2, 0.25) is 0 Å². The topological polar surface area (TPSA) is 12.0 Å². The zero-order valence-corrected chi connectivity index (χ0v) is 7.69. The van der Waals surface area contributed by atoms with Crippen molar-refractivity contribution < 1.29 is 0 Å². The molecule has 1 nitrogen and oxygen atoms in total. The van der Waals surface area contributed by atoms with Crippen LogP contribution in [0.4, 0.5) is 0 Å². The molecule has 0 radical (unpaired) electrons. The zero-order valence-electron chi connectivity index (χ0n) is 7.69. The van der Waals surface area contributed by atoms with Crippen molar-refractivity contribution >= 4 is 0 Å². The average Bonchev–Trinajstić information content (AvgIpc) is 1.94. The van der Waals surface area contributed by atoms with Crippen molar-refractivity contribution in [3.05, 3.63) is 11.6 Å². The van der Waals surface area contributed by atoms with Gasteiger partial charge in [-0.2, -0.15) is 0 Å². The first-order valence-electron chi connectivity index (χ1n) is 4.68. The van der Waals surface area contributed by atoms with Gasteiger partial charge in [0.15, 0.2) is 0 Å². The molecule has 0 aliphatic heterocycles. The summed E-state index contributed by atoms with van der Waals surface area (Å²) in [6.45, 7) is 2.24. The van der Waals surface area contributed by atoms with Gasteiger partial charge < -0.3 is 5.32 Å². The average molecular weight is 153 g/mol. The van der Waals surface area contributed by atoms with Crippen LogP contribution in [-0.2, 0) is 0 Å². The van der Waals surface area contributed by atoms with Crippen LogP contribution in [0.3, 0.4) is 0 Å². The van der Waals surface area contributed by atoms with Gasteiger partial charge in [0, 0.05) is 6.04 Å². The van der Waals surface area contributed by atoms with Gasteiger partial charge in [0.25, 0.3) is 0 Å². The molecular weight excluding hydrogens is 134 g/mol. The van der Waals surface area contributed by atoms with E-state index in [0.29, 0.717) is 6.04 Å². The van der Waals surface area contributed by atoms with Crippen LogP contribution in [0.1, 0.15) is 39.0 Å². The molecule has 0 aromatic carbocycles. The number of hydrogen-bond donors (Lipinski definition) is 1. The summed E-state index contributed by atoms with van der Waals surface area (Å²) in [5.74, 6) is 0. The lowest BCUT2D eigenvalue weighted by molar-refractivity contribution is 0.564. The van der Waals surface area contributed by atoms with Crippen LogP contribution in [0.25, 0.3) is 0 Å². The standard InChI is InChI=1S/C10H19N/c1-9(11-2)5-3-6-10-7-4-8-10/h6,9,11H,3-5,7-8H2,1-2H3. The summed E-state index contributed by atoms with van der Waals surface area (Å²) in [4.78, 5) is 0. The molecule has 1 aliphatic rings. The Morgan fingerprint density at radius 1 is 1.55 bits per heavy atom. The molecule has 1 unspecified atom stereocenters. The van der Waals surface area contributed by atoms with Crippen LogP contribution in [0.15, 0.2) is 11.6 Å². The minimum Gasteiger partial charge on any atom is -0.317 e. The maximum atomic E-state index is 3.25. The van der Waals surface area contributed by atoms with Gasteiger partial charge in [-0.3, -0.25) is 0 Å². The van der Waals surface area contributed by atoms with E-state index in [9.17, 15) is 0 Å². The van der Waals surface area contributed by atoms with Gasteiger partial charge >= 0.3 is 0 Å².